The second-order valence-electron chi connectivity index (χ2n) is 6.58. The van der Waals surface area contributed by atoms with Crippen LogP contribution >= 0.6 is 0 Å². The van der Waals surface area contributed by atoms with Crippen LogP contribution in [0.1, 0.15) is 29.0 Å². The second-order valence-corrected chi connectivity index (χ2v) is 6.58. The molecular formula is C17H22N8O2. The Balaban J connectivity index is 1.42. The number of aryl methyl sites for hydroxylation is 2. The third-order valence-corrected chi connectivity index (χ3v) is 4.77. The van der Waals surface area contributed by atoms with Gasteiger partial charge in [-0.25, -0.2) is 9.97 Å². The van der Waals surface area contributed by atoms with Crippen LogP contribution in [0.2, 0.25) is 0 Å². The average molecular weight is 370 g/mol. The van der Waals surface area contributed by atoms with Crippen molar-refractivity contribution in [2.75, 3.05) is 31.9 Å². The fraction of sp³-hybridized carbons (Fsp3) is 0.471. The predicted octanol–water partition coefficient (Wildman–Crippen LogP) is 0.683. The minimum absolute atomic E-state index is 0.0379. The Bertz CT molecular complexity index is 971. The lowest BCUT2D eigenvalue weighted by Gasteiger charge is -2.34. The van der Waals surface area contributed by atoms with Crippen molar-refractivity contribution in [1.29, 1.82) is 0 Å². The number of hydrogen-bond acceptors (Lipinski definition) is 8. The number of aromatic nitrogens is 5. The predicted molar refractivity (Wildman–Crippen MR) is 97.8 cm³/mol. The van der Waals surface area contributed by atoms with Gasteiger partial charge in [0.25, 0.3) is 5.91 Å². The van der Waals surface area contributed by atoms with E-state index in [4.69, 9.17) is 10.3 Å². The maximum absolute atomic E-state index is 12.8. The van der Waals surface area contributed by atoms with E-state index in [1.165, 1.54) is 0 Å². The first-order valence-electron chi connectivity index (χ1n) is 8.97. The Labute approximate surface area is 156 Å². The van der Waals surface area contributed by atoms with Crippen LogP contribution in [0.4, 0.5) is 5.95 Å². The van der Waals surface area contributed by atoms with Crippen LogP contribution in [0.25, 0.3) is 11.2 Å². The largest absolute Gasteiger partial charge is 0.369 e. The molecule has 4 rings (SSSR count). The fourth-order valence-corrected chi connectivity index (χ4v) is 3.35. The summed E-state index contributed by atoms with van der Waals surface area (Å²) in [6.45, 7) is 7.85. The zero-order valence-corrected chi connectivity index (χ0v) is 15.4. The molecule has 0 saturated carbocycles. The molecule has 1 saturated heterocycles. The van der Waals surface area contributed by atoms with Gasteiger partial charge in [0.2, 0.25) is 11.8 Å². The Hall–Kier alpha value is -3.01. The summed E-state index contributed by atoms with van der Waals surface area (Å²) in [6.07, 6.45) is 1.60. The molecule has 1 aliphatic rings. The zero-order valence-electron chi connectivity index (χ0n) is 15.4. The number of nitrogens with zero attached hydrogens (tertiary/aromatic N) is 7. The van der Waals surface area contributed by atoms with Gasteiger partial charge in [-0.2, -0.15) is 4.98 Å². The Morgan fingerprint density at radius 1 is 1.26 bits per heavy atom. The third-order valence-electron chi connectivity index (χ3n) is 4.77. The number of nitrogen functional groups attached to an aromatic ring is 1. The van der Waals surface area contributed by atoms with Gasteiger partial charge in [0.05, 0.1) is 12.1 Å². The third kappa shape index (κ3) is 3.35. The molecule has 27 heavy (non-hydrogen) atoms. The summed E-state index contributed by atoms with van der Waals surface area (Å²) < 4.78 is 6.82. The minimum Gasteiger partial charge on any atom is -0.369 e. The SMILES string of the molecule is CCn1c(N)nc2cc(C(=O)N3CCN(Cc4noc(C)n4)CC3)cnc21. The Morgan fingerprint density at radius 3 is 2.70 bits per heavy atom. The van der Waals surface area contributed by atoms with Crippen molar-refractivity contribution < 1.29 is 9.32 Å². The molecule has 1 amide bonds. The molecule has 0 atom stereocenters. The summed E-state index contributed by atoms with van der Waals surface area (Å²) in [4.78, 5) is 29.8. The van der Waals surface area contributed by atoms with Crippen LogP contribution in [0.3, 0.4) is 0 Å². The number of anilines is 1. The minimum atomic E-state index is -0.0379. The summed E-state index contributed by atoms with van der Waals surface area (Å²) in [6, 6.07) is 1.77. The number of piperazine rings is 1. The molecule has 0 spiro atoms. The number of fused-ring (bicyclic) bond motifs is 1. The molecule has 10 nitrogen and oxygen atoms in total. The van der Waals surface area contributed by atoms with Gasteiger partial charge in [-0.15, -0.1) is 0 Å². The lowest BCUT2D eigenvalue weighted by Crippen LogP contribution is -2.48. The van der Waals surface area contributed by atoms with Gasteiger partial charge >= 0.3 is 0 Å². The van der Waals surface area contributed by atoms with Crippen molar-refractivity contribution in [2.45, 2.75) is 26.9 Å². The van der Waals surface area contributed by atoms with Gasteiger partial charge in [0, 0.05) is 45.8 Å². The number of amides is 1. The van der Waals surface area contributed by atoms with E-state index >= 15 is 0 Å². The van der Waals surface area contributed by atoms with Crippen molar-refractivity contribution in [3.8, 4) is 0 Å². The Kier molecular flexibility index (Phi) is 4.48. The van der Waals surface area contributed by atoms with Crippen molar-refractivity contribution in [3.05, 3.63) is 29.5 Å². The summed E-state index contributed by atoms with van der Waals surface area (Å²) >= 11 is 0. The van der Waals surface area contributed by atoms with Gasteiger partial charge in [-0.05, 0) is 13.0 Å². The summed E-state index contributed by atoms with van der Waals surface area (Å²) in [7, 11) is 0. The van der Waals surface area contributed by atoms with E-state index in [1.807, 2.05) is 16.4 Å². The standard InChI is InChI=1S/C17H22N8O2/c1-3-25-15-13(21-17(25)18)8-12(9-19-15)16(26)24-6-4-23(5-7-24)10-14-20-11(2)27-22-14/h8-9H,3-7,10H2,1-2H3,(H2,18,21). The van der Waals surface area contributed by atoms with Gasteiger partial charge in [0.15, 0.2) is 11.5 Å². The first-order valence-corrected chi connectivity index (χ1v) is 8.97. The molecule has 4 heterocycles. The molecule has 0 bridgehead atoms. The number of carbonyl (C=O) groups is 1. The lowest BCUT2D eigenvalue weighted by molar-refractivity contribution is 0.0624. The lowest BCUT2D eigenvalue weighted by atomic mass is 10.2. The first-order chi connectivity index (χ1) is 13.0. The maximum atomic E-state index is 12.8. The summed E-state index contributed by atoms with van der Waals surface area (Å²) in [5.41, 5.74) is 7.79. The van der Waals surface area contributed by atoms with Crippen LogP contribution in [-0.2, 0) is 13.1 Å². The van der Waals surface area contributed by atoms with Crippen LogP contribution in [0, 0.1) is 6.92 Å². The van der Waals surface area contributed by atoms with E-state index in [2.05, 4.69) is 25.0 Å². The van der Waals surface area contributed by atoms with Crippen molar-refractivity contribution in [1.82, 2.24) is 34.5 Å². The first kappa shape index (κ1) is 17.4. The molecule has 0 aliphatic carbocycles. The Morgan fingerprint density at radius 2 is 2.04 bits per heavy atom. The topological polar surface area (TPSA) is 119 Å². The fourth-order valence-electron chi connectivity index (χ4n) is 3.35. The highest BCUT2D eigenvalue weighted by Crippen LogP contribution is 2.18. The molecule has 1 aliphatic heterocycles. The van der Waals surface area contributed by atoms with E-state index in [0.717, 1.165) is 13.1 Å². The van der Waals surface area contributed by atoms with E-state index in [-0.39, 0.29) is 5.91 Å². The molecule has 2 N–H and O–H groups in total. The number of imidazole rings is 1. The average Bonchev–Trinajstić information content (AvgIpc) is 3.22. The highest BCUT2D eigenvalue weighted by Gasteiger charge is 2.24. The number of rotatable bonds is 4. The molecule has 3 aromatic heterocycles. The van der Waals surface area contributed by atoms with Gasteiger partial charge in [0.1, 0.15) is 5.52 Å². The molecule has 142 valence electrons. The van der Waals surface area contributed by atoms with Crippen molar-refractivity contribution in [3.63, 3.8) is 0 Å². The van der Waals surface area contributed by atoms with Crippen molar-refractivity contribution in [2.24, 2.45) is 0 Å². The van der Waals surface area contributed by atoms with Crippen molar-refractivity contribution >= 4 is 23.0 Å². The number of carbonyl (C=O) groups excluding carboxylic acids is 1. The molecule has 1 fully saturated rings. The molecule has 0 radical (unpaired) electrons. The normalized spacial score (nSPS) is 15.6. The van der Waals surface area contributed by atoms with E-state index in [0.29, 0.717) is 60.6 Å². The maximum Gasteiger partial charge on any atom is 0.255 e. The van der Waals surface area contributed by atoms with E-state index < -0.39 is 0 Å². The van der Waals surface area contributed by atoms with Gasteiger partial charge in [-0.1, -0.05) is 5.16 Å². The number of nitrogens with two attached hydrogens (primary N) is 1. The summed E-state index contributed by atoms with van der Waals surface area (Å²) in [5, 5.41) is 3.92. The monoisotopic (exact) mass is 370 g/mol. The number of hydrogen-bond donors (Lipinski definition) is 1. The second kappa shape index (κ2) is 6.95. The van der Waals surface area contributed by atoms with E-state index in [9.17, 15) is 4.79 Å². The zero-order chi connectivity index (χ0) is 19.0. The molecule has 0 unspecified atom stereocenters. The van der Waals surface area contributed by atoms with E-state index in [1.54, 1.807) is 19.2 Å². The highest BCUT2D eigenvalue weighted by molar-refractivity contribution is 5.96. The highest BCUT2D eigenvalue weighted by atomic mass is 16.5. The van der Waals surface area contributed by atoms with Crippen LogP contribution in [0.15, 0.2) is 16.8 Å². The molecule has 3 aromatic rings. The quantitative estimate of drug-likeness (QED) is 0.712. The molecular weight excluding hydrogens is 348 g/mol. The van der Waals surface area contributed by atoms with Gasteiger partial charge < -0.3 is 15.2 Å². The van der Waals surface area contributed by atoms with Crippen LogP contribution in [-0.4, -0.2) is 66.6 Å². The summed E-state index contributed by atoms with van der Waals surface area (Å²) in [5.74, 6) is 1.61. The molecule has 0 aromatic carbocycles. The van der Waals surface area contributed by atoms with Gasteiger partial charge in [-0.3, -0.25) is 14.3 Å². The van der Waals surface area contributed by atoms with Crippen LogP contribution in [0.5, 0.6) is 0 Å². The van der Waals surface area contributed by atoms with Crippen LogP contribution < -0.4 is 5.73 Å². The smallest absolute Gasteiger partial charge is 0.255 e. The number of pyridine rings is 1. The molecule has 10 heteroatoms.